The molecule has 0 unspecified atom stereocenters. The summed E-state index contributed by atoms with van der Waals surface area (Å²) in [5.41, 5.74) is 4.40. The van der Waals surface area contributed by atoms with Gasteiger partial charge in [-0.15, -0.1) is 0 Å². The van der Waals surface area contributed by atoms with Crippen molar-refractivity contribution in [3.63, 3.8) is 0 Å². The van der Waals surface area contributed by atoms with Crippen molar-refractivity contribution in [1.29, 1.82) is 0 Å². The van der Waals surface area contributed by atoms with E-state index in [1.807, 2.05) is 79.7 Å². The maximum atomic E-state index is 13.0. The Morgan fingerprint density at radius 3 is 2.48 bits per heavy atom. The molecule has 0 saturated carbocycles. The van der Waals surface area contributed by atoms with Crippen molar-refractivity contribution in [2.24, 2.45) is 0 Å². The maximum absolute atomic E-state index is 13.0. The van der Waals surface area contributed by atoms with Crippen LogP contribution in [-0.4, -0.2) is 10.9 Å². The molecular formula is C24H20ClN3O. The molecule has 1 heterocycles. The molecule has 144 valence electrons. The Balaban J connectivity index is 1.64. The molecule has 0 aliphatic heterocycles. The maximum Gasteiger partial charge on any atom is 0.252 e. The highest BCUT2D eigenvalue weighted by Gasteiger charge is 2.13. The Kier molecular flexibility index (Phi) is 5.45. The summed E-state index contributed by atoms with van der Waals surface area (Å²) in [6, 6.07) is 24.9. The van der Waals surface area contributed by atoms with E-state index in [2.05, 4.69) is 15.6 Å². The monoisotopic (exact) mass is 401 g/mol. The summed E-state index contributed by atoms with van der Waals surface area (Å²) < 4.78 is 0. The van der Waals surface area contributed by atoms with Gasteiger partial charge in [-0.3, -0.25) is 4.79 Å². The Morgan fingerprint density at radius 1 is 0.966 bits per heavy atom. The largest absolute Gasteiger partial charge is 0.348 e. The van der Waals surface area contributed by atoms with E-state index in [0.717, 1.165) is 27.7 Å². The third-order valence-electron chi connectivity index (χ3n) is 4.73. The lowest BCUT2D eigenvalue weighted by molar-refractivity contribution is 0.0952. The number of nitrogens with zero attached hydrogens (tertiary/aromatic N) is 1. The lowest BCUT2D eigenvalue weighted by atomic mass is 10.1. The van der Waals surface area contributed by atoms with Gasteiger partial charge in [0.1, 0.15) is 5.82 Å². The van der Waals surface area contributed by atoms with E-state index in [1.165, 1.54) is 0 Å². The zero-order valence-corrected chi connectivity index (χ0v) is 16.7. The summed E-state index contributed by atoms with van der Waals surface area (Å²) in [6.45, 7) is 2.45. The van der Waals surface area contributed by atoms with Gasteiger partial charge in [0.2, 0.25) is 0 Å². The normalized spacial score (nSPS) is 10.7. The van der Waals surface area contributed by atoms with Gasteiger partial charge in [-0.05, 0) is 48.4 Å². The second-order valence-electron chi connectivity index (χ2n) is 6.82. The first-order chi connectivity index (χ1) is 14.1. The van der Waals surface area contributed by atoms with Gasteiger partial charge in [-0.1, -0.05) is 60.1 Å². The van der Waals surface area contributed by atoms with Gasteiger partial charge in [0.05, 0.1) is 11.1 Å². The Hall–Kier alpha value is -3.37. The van der Waals surface area contributed by atoms with Crippen molar-refractivity contribution in [2.75, 3.05) is 5.32 Å². The third kappa shape index (κ3) is 4.39. The second kappa shape index (κ2) is 8.33. The number of rotatable bonds is 5. The van der Waals surface area contributed by atoms with Crippen LogP contribution >= 0.6 is 11.6 Å². The molecule has 4 nitrogen and oxygen atoms in total. The average Bonchev–Trinajstić information content (AvgIpc) is 2.74. The molecule has 3 aromatic carbocycles. The number of halogens is 1. The topological polar surface area (TPSA) is 54.0 Å². The number of carbonyl (C=O) groups excluding carboxylic acids is 1. The number of anilines is 2. The van der Waals surface area contributed by atoms with E-state index in [4.69, 9.17) is 11.6 Å². The smallest absolute Gasteiger partial charge is 0.252 e. The summed E-state index contributed by atoms with van der Waals surface area (Å²) in [5, 5.41) is 7.82. The van der Waals surface area contributed by atoms with Crippen LogP contribution in [0.4, 0.5) is 11.5 Å². The number of para-hydroxylation sites is 2. The highest BCUT2D eigenvalue weighted by Crippen LogP contribution is 2.24. The number of amides is 1. The number of hydrogen-bond acceptors (Lipinski definition) is 3. The lowest BCUT2D eigenvalue weighted by Crippen LogP contribution is -2.23. The number of hydrogen-bond donors (Lipinski definition) is 2. The summed E-state index contributed by atoms with van der Waals surface area (Å²) in [6.07, 6.45) is 0. The Labute approximate surface area is 174 Å². The molecule has 4 aromatic rings. The highest BCUT2D eigenvalue weighted by molar-refractivity contribution is 6.30. The van der Waals surface area contributed by atoms with E-state index >= 15 is 0 Å². The molecule has 0 spiro atoms. The van der Waals surface area contributed by atoms with E-state index in [-0.39, 0.29) is 5.91 Å². The molecule has 1 aromatic heterocycles. The van der Waals surface area contributed by atoms with Crippen LogP contribution < -0.4 is 10.6 Å². The van der Waals surface area contributed by atoms with Gasteiger partial charge in [-0.2, -0.15) is 0 Å². The zero-order valence-electron chi connectivity index (χ0n) is 15.9. The molecule has 0 atom stereocenters. The molecule has 29 heavy (non-hydrogen) atoms. The van der Waals surface area contributed by atoms with Crippen LogP contribution in [0.25, 0.3) is 10.9 Å². The third-order valence-corrected chi connectivity index (χ3v) is 4.99. The number of pyridine rings is 1. The first-order valence-electron chi connectivity index (χ1n) is 9.35. The predicted octanol–water partition coefficient (Wildman–Crippen LogP) is 5.87. The molecule has 5 heteroatoms. The van der Waals surface area contributed by atoms with Crippen LogP contribution in [0.5, 0.6) is 0 Å². The number of aryl methyl sites for hydroxylation is 1. The minimum Gasteiger partial charge on any atom is -0.348 e. The number of nitrogens with one attached hydrogen (secondary N) is 2. The quantitative estimate of drug-likeness (QED) is 0.439. The molecule has 0 radical (unpaired) electrons. The van der Waals surface area contributed by atoms with E-state index in [0.29, 0.717) is 22.9 Å². The summed E-state index contributed by atoms with van der Waals surface area (Å²) in [7, 11) is 0. The van der Waals surface area contributed by atoms with E-state index in [9.17, 15) is 4.79 Å². The van der Waals surface area contributed by atoms with Crippen LogP contribution in [0.1, 0.15) is 21.5 Å². The standard InChI is InChI=1S/C24H20ClN3O/c1-16-6-2-4-8-21(16)27-23-14-20(19-7-3-5-9-22(19)28-23)24(29)26-15-17-10-12-18(25)13-11-17/h2-14H,15H2,1H3,(H,26,29)(H,27,28). The number of benzene rings is 3. The van der Waals surface area contributed by atoms with Crippen molar-refractivity contribution in [1.82, 2.24) is 10.3 Å². The fourth-order valence-corrected chi connectivity index (χ4v) is 3.28. The van der Waals surface area contributed by atoms with Crippen molar-refractivity contribution < 1.29 is 4.79 Å². The average molecular weight is 402 g/mol. The van der Waals surface area contributed by atoms with Gasteiger partial charge in [0.15, 0.2) is 0 Å². The minimum absolute atomic E-state index is 0.147. The van der Waals surface area contributed by atoms with Crippen molar-refractivity contribution in [2.45, 2.75) is 13.5 Å². The molecule has 4 rings (SSSR count). The van der Waals surface area contributed by atoms with E-state index in [1.54, 1.807) is 6.07 Å². The molecule has 0 aliphatic carbocycles. The van der Waals surface area contributed by atoms with E-state index < -0.39 is 0 Å². The van der Waals surface area contributed by atoms with Gasteiger partial charge in [0.25, 0.3) is 5.91 Å². The van der Waals surface area contributed by atoms with Crippen LogP contribution in [0.3, 0.4) is 0 Å². The van der Waals surface area contributed by atoms with Crippen LogP contribution in [0, 0.1) is 6.92 Å². The molecule has 1 amide bonds. The lowest BCUT2D eigenvalue weighted by Gasteiger charge is -2.13. The fourth-order valence-electron chi connectivity index (χ4n) is 3.16. The molecule has 0 aliphatic rings. The highest BCUT2D eigenvalue weighted by atomic mass is 35.5. The first-order valence-corrected chi connectivity index (χ1v) is 9.73. The fraction of sp³-hybridized carbons (Fsp3) is 0.0833. The van der Waals surface area contributed by atoms with Crippen molar-refractivity contribution in [3.8, 4) is 0 Å². The molecular weight excluding hydrogens is 382 g/mol. The Morgan fingerprint density at radius 2 is 1.69 bits per heavy atom. The summed E-state index contributed by atoms with van der Waals surface area (Å²) in [4.78, 5) is 17.7. The second-order valence-corrected chi connectivity index (χ2v) is 7.26. The summed E-state index contributed by atoms with van der Waals surface area (Å²) in [5.74, 6) is 0.487. The van der Waals surface area contributed by atoms with Crippen LogP contribution in [-0.2, 0) is 6.54 Å². The number of aromatic nitrogens is 1. The SMILES string of the molecule is Cc1ccccc1Nc1cc(C(=O)NCc2ccc(Cl)cc2)c2ccccc2n1. The predicted molar refractivity (Wildman–Crippen MR) is 119 cm³/mol. The zero-order chi connectivity index (χ0) is 20.2. The minimum atomic E-state index is -0.147. The van der Waals surface area contributed by atoms with Crippen molar-refractivity contribution >= 4 is 39.9 Å². The molecule has 0 bridgehead atoms. The van der Waals surface area contributed by atoms with Crippen molar-refractivity contribution in [3.05, 3.63) is 101 Å². The van der Waals surface area contributed by atoms with Gasteiger partial charge >= 0.3 is 0 Å². The molecule has 0 saturated heterocycles. The van der Waals surface area contributed by atoms with Gasteiger partial charge < -0.3 is 10.6 Å². The summed E-state index contributed by atoms with van der Waals surface area (Å²) >= 11 is 5.93. The molecule has 2 N–H and O–H groups in total. The Bertz CT molecular complexity index is 1170. The first kappa shape index (κ1) is 19.0. The van der Waals surface area contributed by atoms with Gasteiger partial charge in [-0.25, -0.2) is 4.98 Å². The van der Waals surface area contributed by atoms with Crippen LogP contribution in [0.2, 0.25) is 5.02 Å². The number of fused-ring (bicyclic) bond motifs is 1. The molecule has 0 fully saturated rings. The van der Waals surface area contributed by atoms with Gasteiger partial charge in [0, 0.05) is 22.6 Å². The van der Waals surface area contributed by atoms with Crippen LogP contribution in [0.15, 0.2) is 78.9 Å². The number of carbonyl (C=O) groups is 1.